The fourth-order valence-electron chi connectivity index (χ4n) is 1.40. The first-order valence-electron chi connectivity index (χ1n) is 5.15. The zero-order valence-corrected chi connectivity index (χ0v) is 10.0. The smallest absolute Gasteiger partial charge is 0.0592 e. The van der Waals surface area contributed by atoms with Crippen LogP contribution in [0.2, 0.25) is 5.02 Å². The molecule has 0 amide bonds. The lowest BCUT2D eigenvalue weighted by Crippen LogP contribution is -2.20. The lowest BCUT2D eigenvalue weighted by molar-refractivity contribution is 0.152. The van der Waals surface area contributed by atoms with Crippen molar-refractivity contribution in [2.75, 3.05) is 20.6 Å². The second kappa shape index (κ2) is 6.11. The van der Waals surface area contributed by atoms with Crippen molar-refractivity contribution in [2.24, 2.45) is 0 Å². The van der Waals surface area contributed by atoms with Gasteiger partial charge in [0, 0.05) is 5.02 Å². The van der Waals surface area contributed by atoms with Gasteiger partial charge in [-0.25, -0.2) is 0 Å². The van der Waals surface area contributed by atoms with Crippen molar-refractivity contribution in [1.82, 2.24) is 4.90 Å². The molecule has 0 heterocycles. The van der Waals surface area contributed by atoms with Crippen LogP contribution in [0.3, 0.4) is 0 Å². The molecular formula is C12H18ClNO. The van der Waals surface area contributed by atoms with E-state index in [0.717, 1.165) is 23.6 Å². The quantitative estimate of drug-likeness (QED) is 0.834. The van der Waals surface area contributed by atoms with Crippen LogP contribution >= 0.6 is 11.6 Å². The van der Waals surface area contributed by atoms with E-state index in [-0.39, 0.29) is 6.10 Å². The number of hydrogen-bond acceptors (Lipinski definition) is 2. The van der Waals surface area contributed by atoms with Crippen LogP contribution < -0.4 is 0 Å². The summed E-state index contributed by atoms with van der Waals surface area (Å²) >= 11 is 5.78. The minimum absolute atomic E-state index is 0.270. The van der Waals surface area contributed by atoms with Gasteiger partial charge >= 0.3 is 0 Å². The predicted molar refractivity (Wildman–Crippen MR) is 64.3 cm³/mol. The minimum Gasteiger partial charge on any atom is -0.393 e. The number of nitrogens with zero attached hydrogens (tertiary/aromatic N) is 1. The normalized spacial score (nSPS) is 13.1. The van der Waals surface area contributed by atoms with Gasteiger partial charge in [0.25, 0.3) is 0 Å². The molecule has 0 radical (unpaired) electrons. The summed E-state index contributed by atoms with van der Waals surface area (Å²) in [7, 11) is 4.02. The maximum absolute atomic E-state index is 9.76. The van der Waals surface area contributed by atoms with Crippen molar-refractivity contribution in [1.29, 1.82) is 0 Å². The molecule has 0 aliphatic heterocycles. The van der Waals surface area contributed by atoms with E-state index in [1.807, 2.05) is 38.4 Å². The Kier molecular flexibility index (Phi) is 5.09. The topological polar surface area (TPSA) is 23.5 Å². The molecular weight excluding hydrogens is 210 g/mol. The van der Waals surface area contributed by atoms with Crippen molar-refractivity contribution < 1.29 is 5.11 Å². The molecule has 0 fully saturated rings. The van der Waals surface area contributed by atoms with E-state index in [1.165, 1.54) is 0 Å². The van der Waals surface area contributed by atoms with Crippen molar-refractivity contribution in [2.45, 2.75) is 18.9 Å². The molecule has 0 bridgehead atoms. The van der Waals surface area contributed by atoms with Gasteiger partial charge < -0.3 is 10.0 Å². The predicted octanol–water partition coefficient (Wildman–Crippen LogP) is 2.20. The molecule has 2 nitrogen and oxygen atoms in total. The highest BCUT2D eigenvalue weighted by Crippen LogP contribution is 2.12. The standard InChI is InChI=1S/C12H18ClNO/c1-14(2)8-7-12(15)9-10-3-5-11(13)6-4-10/h3-6,12,15H,7-9H2,1-2H3. The Labute approximate surface area is 96.5 Å². The van der Waals surface area contributed by atoms with Crippen molar-refractivity contribution in [3.05, 3.63) is 34.9 Å². The Morgan fingerprint density at radius 2 is 1.87 bits per heavy atom. The van der Waals surface area contributed by atoms with Gasteiger partial charge in [-0.1, -0.05) is 23.7 Å². The summed E-state index contributed by atoms with van der Waals surface area (Å²) in [4.78, 5) is 2.07. The molecule has 84 valence electrons. The van der Waals surface area contributed by atoms with Crippen molar-refractivity contribution >= 4 is 11.6 Å². The zero-order valence-electron chi connectivity index (χ0n) is 9.28. The van der Waals surface area contributed by atoms with Crippen LogP contribution in [-0.4, -0.2) is 36.8 Å². The lowest BCUT2D eigenvalue weighted by Gasteiger charge is -2.14. The van der Waals surface area contributed by atoms with E-state index in [1.54, 1.807) is 0 Å². The highest BCUT2D eigenvalue weighted by Gasteiger charge is 2.05. The Morgan fingerprint density at radius 1 is 1.27 bits per heavy atom. The van der Waals surface area contributed by atoms with Crippen molar-refractivity contribution in [3.8, 4) is 0 Å². The van der Waals surface area contributed by atoms with Crippen LogP contribution in [0.25, 0.3) is 0 Å². The summed E-state index contributed by atoms with van der Waals surface area (Å²) in [5.41, 5.74) is 1.13. The third-order valence-electron chi connectivity index (χ3n) is 2.29. The monoisotopic (exact) mass is 227 g/mol. The molecule has 0 saturated heterocycles. The van der Waals surface area contributed by atoms with Gasteiger partial charge in [0.2, 0.25) is 0 Å². The lowest BCUT2D eigenvalue weighted by atomic mass is 10.1. The maximum atomic E-state index is 9.76. The largest absolute Gasteiger partial charge is 0.393 e. The summed E-state index contributed by atoms with van der Waals surface area (Å²) in [6.45, 7) is 0.911. The molecule has 0 aliphatic rings. The average molecular weight is 228 g/mol. The second-order valence-electron chi connectivity index (χ2n) is 4.08. The maximum Gasteiger partial charge on any atom is 0.0592 e. The fourth-order valence-corrected chi connectivity index (χ4v) is 1.53. The first kappa shape index (κ1) is 12.5. The molecule has 0 aromatic heterocycles. The molecule has 0 saturated carbocycles. The van der Waals surface area contributed by atoms with Gasteiger partial charge in [0.15, 0.2) is 0 Å². The minimum atomic E-state index is -0.270. The number of aliphatic hydroxyl groups excluding tert-OH is 1. The Balaban J connectivity index is 2.37. The Morgan fingerprint density at radius 3 is 2.40 bits per heavy atom. The first-order chi connectivity index (χ1) is 7.08. The summed E-state index contributed by atoms with van der Waals surface area (Å²) < 4.78 is 0. The molecule has 3 heteroatoms. The molecule has 1 rings (SSSR count). The third kappa shape index (κ3) is 5.17. The van der Waals surface area contributed by atoms with Gasteiger partial charge in [-0.3, -0.25) is 0 Å². The van der Waals surface area contributed by atoms with E-state index >= 15 is 0 Å². The Hall–Kier alpha value is -0.570. The van der Waals surface area contributed by atoms with E-state index in [4.69, 9.17) is 11.6 Å². The molecule has 1 aromatic carbocycles. The molecule has 1 aromatic rings. The molecule has 1 atom stereocenters. The van der Waals surface area contributed by atoms with Crippen LogP contribution in [-0.2, 0) is 6.42 Å². The van der Waals surface area contributed by atoms with Crippen molar-refractivity contribution in [3.63, 3.8) is 0 Å². The highest BCUT2D eigenvalue weighted by atomic mass is 35.5. The number of benzene rings is 1. The van der Waals surface area contributed by atoms with Gasteiger partial charge in [-0.15, -0.1) is 0 Å². The molecule has 1 unspecified atom stereocenters. The summed E-state index contributed by atoms with van der Waals surface area (Å²) in [5, 5.41) is 10.5. The molecule has 15 heavy (non-hydrogen) atoms. The van der Waals surface area contributed by atoms with Gasteiger partial charge in [-0.05, 0) is 51.2 Å². The van der Waals surface area contributed by atoms with Crippen LogP contribution in [0.5, 0.6) is 0 Å². The second-order valence-corrected chi connectivity index (χ2v) is 4.51. The van der Waals surface area contributed by atoms with E-state index in [0.29, 0.717) is 6.42 Å². The van der Waals surface area contributed by atoms with Gasteiger partial charge in [-0.2, -0.15) is 0 Å². The number of halogens is 1. The summed E-state index contributed by atoms with van der Waals surface area (Å²) in [6.07, 6.45) is 1.23. The molecule has 1 N–H and O–H groups in total. The van der Waals surface area contributed by atoms with Crippen LogP contribution in [0.4, 0.5) is 0 Å². The number of aliphatic hydroxyl groups is 1. The fraction of sp³-hybridized carbons (Fsp3) is 0.500. The Bertz CT molecular complexity index is 284. The van der Waals surface area contributed by atoms with Crippen LogP contribution in [0.1, 0.15) is 12.0 Å². The SMILES string of the molecule is CN(C)CCC(O)Cc1ccc(Cl)cc1. The number of rotatable bonds is 5. The van der Waals surface area contributed by atoms with E-state index < -0.39 is 0 Å². The van der Waals surface area contributed by atoms with Gasteiger partial charge in [0.1, 0.15) is 0 Å². The molecule has 0 aliphatic carbocycles. The summed E-state index contributed by atoms with van der Waals surface area (Å²) in [6, 6.07) is 7.63. The van der Waals surface area contributed by atoms with Gasteiger partial charge in [0.05, 0.1) is 6.10 Å². The van der Waals surface area contributed by atoms with Crippen LogP contribution in [0.15, 0.2) is 24.3 Å². The van der Waals surface area contributed by atoms with Crippen LogP contribution in [0, 0.1) is 0 Å². The summed E-state index contributed by atoms with van der Waals surface area (Å²) in [5.74, 6) is 0. The third-order valence-corrected chi connectivity index (χ3v) is 2.55. The van der Waals surface area contributed by atoms with E-state index in [9.17, 15) is 5.11 Å². The highest BCUT2D eigenvalue weighted by molar-refractivity contribution is 6.30. The number of hydrogen-bond donors (Lipinski definition) is 1. The average Bonchev–Trinajstić information content (AvgIpc) is 2.19. The zero-order chi connectivity index (χ0) is 11.3. The van der Waals surface area contributed by atoms with E-state index in [2.05, 4.69) is 4.90 Å². The molecule has 0 spiro atoms. The first-order valence-corrected chi connectivity index (χ1v) is 5.53.